The molecule has 0 amide bonds. The molecule has 5 nitrogen and oxygen atoms in total. The molecule has 1 aliphatic heterocycles. The first-order valence-electron chi connectivity index (χ1n) is 7.58. The van der Waals surface area contributed by atoms with Crippen molar-refractivity contribution in [3.05, 3.63) is 54.1 Å². The predicted octanol–water partition coefficient (Wildman–Crippen LogP) is 2.37. The van der Waals surface area contributed by atoms with Gasteiger partial charge >= 0.3 is 0 Å². The van der Waals surface area contributed by atoms with Gasteiger partial charge in [0.2, 0.25) is 10.0 Å². The van der Waals surface area contributed by atoms with Crippen LogP contribution >= 0.6 is 0 Å². The first kappa shape index (κ1) is 15.8. The summed E-state index contributed by atoms with van der Waals surface area (Å²) in [5, 5.41) is 0. The summed E-state index contributed by atoms with van der Waals surface area (Å²) in [7, 11) is -3.56. The van der Waals surface area contributed by atoms with E-state index in [4.69, 9.17) is 9.47 Å². The first-order valence-corrected chi connectivity index (χ1v) is 9.07. The standard InChI is InChI=1S/C17H19NO4S/c19-23(20,18-10-9-14-5-2-1-3-6-14)15-7-8-16-17(13-15)22-12-4-11-21-16/h1-3,5-8,13,18H,4,9-12H2. The van der Waals surface area contributed by atoms with Crippen molar-refractivity contribution in [2.45, 2.75) is 17.7 Å². The van der Waals surface area contributed by atoms with Gasteiger partial charge in [0.15, 0.2) is 11.5 Å². The summed E-state index contributed by atoms with van der Waals surface area (Å²) in [4.78, 5) is 0.190. The topological polar surface area (TPSA) is 64.6 Å². The number of hydrogen-bond acceptors (Lipinski definition) is 4. The van der Waals surface area contributed by atoms with Gasteiger partial charge in [0.25, 0.3) is 0 Å². The number of benzene rings is 2. The third-order valence-electron chi connectivity index (χ3n) is 3.58. The van der Waals surface area contributed by atoms with Crippen LogP contribution in [-0.4, -0.2) is 28.2 Å². The minimum atomic E-state index is -3.56. The predicted molar refractivity (Wildman–Crippen MR) is 87.4 cm³/mol. The van der Waals surface area contributed by atoms with E-state index in [1.165, 1.54) is 6.07 Å². The molecule has 3 rings (SSSR count). The van der Waals surface area contributed by atoms with Crippen LogP contribution in [0.25, 0.3) is 0 Å². The summed E-state index contributed by atoms with van der Waals surface area (Å²) in [6.07, 6.45) is 1.43. The molecular formula is C17H19NO4S. The minimum absolute atomic E-state index is 0.190. The van der Waals surface area contributed by atoms with Crippen molar-refractivity contribution in [3.63, 3.8) is 0 Å². The van der Waals surface area contributed by atoms with Crippen LogP contribution in [0, 0.1) is 0 Å². The molecule has 2 aromatic carbocycles. The van der Waals surface area contributed by atoms with E-state index >= 15 is 0 Å². The lowest BCUT2D eigenvalue weighted by atomic mass is 10.2. The summed E-state index contributed by atoms with van der Waals surface area (Å²) in [6, 6.07) is 14.5. The van der Waals surface area contributed by atoms with Gasteiger partial charge in [-0.3, -0.25) is 0 Å². The Morgan fingerprint density at radius 3 is 2.48 bits per heavy atom. The van der Waals surface area contributed by atoms with E-state index in [0.717, 1.165) is 12.0 Å². The molecule has 0 radical (unpaired) electrons. The van der Waals surface area contributed by atoms with Crippen LogP contribution in [0.5, 0.6) is 11.5 Å². The molecule has 1 N–H and O–H groups in total. The van der Waals surface area contributed by atoms with Crippen LogP contribution in [0.4, 0.5) is 0 Å². The highest BCUT2D eigenvalue weighted by Gasteiger charge is 2.18. The van der Waals surface area contributed by atoms with E-state index < -0.39 is 10.0 Å². The second-order valence-electron chi connectivity index (χ2n) is 5.29. The largest absolute Gasteiger partial charge is 0.490 e. The number of nitrogens with one attached hydrogen (secondary N) is 1. The Hall–Kier alpha value is -2.05. The smallest absolute Gasteiger partial charge is 0.240 e. The van der Waals surface area contributed by atoms with E-state index in [2.05, 4.69) is 4.72 Å². The summed E-state index contributed by atoms with van der Waals surface area (Å²) < 4.78 is 38.5. The Morgan fingerprint density at radius 2 is 1.70 bits per heavy atom. The zero-order chi connectivity index (χ0) is 16.1. The van der Waals surface area contributed by atoms with Gasteiger partial charge in [0.1, 0.15) is 0 Å². The van der Waals surface area contributed by atoms with Crippen molar-refractivity contribution in [2.24, 2.45) is 0 Å². The molecule has 122 valence electrons. The maximum absolute atomic E-state index is 12.4. The van der Waals surface area contributed by atoms with Crippen molar-refractivity contribution >= 4 is 10.0 Å². The van der Waals surface area contributed by atoms with E-state index in [0.29, 0.717) is 37.7 Å². The Labute approximate surface area is 136 Å². The first-order chi connectivity index (χ1) is 11.1. The highest BCUT2D eigenvalue weighted by molar-refractivity contribution is 7.89. The summed E-state index contributed by atoms with van der Waals surface area (Å²) in [5.41, 5.74) is 1.09. The van der Waals surface area contributed by atoms with Crippen molar-refractivity contribution in [2.75, 3.05) is 19.8 Å². The second kappa shape index (κ2) is 7.02. The van der Waals surface area contributed by atoms with Gasteiger partial charge < -0.3 is 9.47 Å². The van der Waals surface area contributed by atoms with E-state index in [1.807, 2.05) is 30.3 Å². The summed E-state index contributed by atoms with van der Waals surface area (Å²) in [5.74, 6) is 1.07. The van der Waals surface area contributed by atoms with E-state index in [1.54, 1.807) is 12.1 Å². The highest BCUT2D eigenvalue weighted by atomic mass is 32.2. The van der Waals surface area contributed by atoms with Crippen molar-refractivity contribution in [1.82, 2.24) is 4.72 Å². The zero-order valence-electron chi connectivity index (χ0n) is 12.7. The van der Waals surface area contributed by atoms with Gasteiger partial charge in [0, 0.05) is 19.0 Å². The molecule has 0 saturated carbocycles. The van der Waals surface area contributed by atoms with Gasteiger partial charge in [-0.1, -0.05) is 30.3 Å². The van der Waals surface area contributed by atoms with Gasteiger partial charge in [-0.25, -0.2) is 13.1 Å². The SMILES string of the molecule is O=S(=O)(NCCc1ccccc1)c1ccc2c(c1)OCCCO2. The third kappa shape index (κ3) is 4.03. The molecule has 0 unspecified atom stereocenters. The average molecular weight is 333 g/mol. The van der Waals surface area contributed by atoms with Crippen molar-refractivity contribution in [3.8, 4) is 11.5 Å². The Bertz CT molecular complexity index is 759. The van der Waals surface area contributed by atoms with Gasteiger partial charge in [0.05, 0.1) is 18.1 Å². The van der Waals surface area contributed by atoms with Crippen LogP contribution in [0.15, 0.2) is 53.4 Å². The molecule has 0 aromatic heterocycles. The Morgan fingerprint density at radius 1 is 0.957 bits per heavy atom. The van der Waals surface area contributed by atoms with Gasteiger partial charge in [-0.15, -0.1) is 0 Å². The molecule has 0 fully saturated rings. The van der Waals surface area contributed by atoms with E-state index in [-0.39, 0.29) is 4.90 Å². The molecular weight excluding hydrogens is 314 g/mol. The number of sulfonamides is 1. The lowest BCUT2D eigenvalue weighted by Gasteiger charge is -2.11. The Kier molecular flexibility index (Phi) is 4.83. The maximum Gasteiger partial charge on any atom is 0.240 e. The lowest BCUT2D eigenvalue weighted by molar-refractivity contribution is 0.297. The lowest BCUT2D eigenvalue weighted by Crippen LogP contribution is -2.26. The molecule has 0 saturated heterocycles. The average Bonchev–Trinajstić information content (AvgIpc) is 2.80. The van der Waals surface area contributed by atoms with Crippen LogP contribution < -0.4 is 14.2 Å². The number of fused-ring (bicyclic) bond motifs is 1. The highest BCUT2D eigenvalue weighted by Crippen LogP contribution is 2.31. The van der Waals surface area contributed by atoms with Crippen LogP contribution in [-0.2, 0) is 16.4 Å². The number of ether oxygens (including phenoxy) is 2. The zero-order valence-corrected chi connectivity index (χ0v) is 13.5. The van der Waals surface area contributed by atoms with Crippen LogP contribution in [0.1, 0.15) is 12.0 Å². The molecule has 1 heterocycles. The monoisotopic (exact) mass is 333 g/mol. The van der Waals surface area contributed by atoms with Crippen LogP contribution in [0.2, 0.25) is 0 Å². The third-order valence-corrected chi connectivity index (χ3v) is 5.04. The fourth-order valence-corrected chi connectivity index (χ4v) is 3.42. The normalized spacial score (nSPS) is 14.3. The molecule has 23 heavy (non-hydrogen) atoms. The molecule has 0 atom stereocenters. The molecule has 0 spiro atoms. The molecule has 2 aromatic rings. The van der Waals surface area contributed by atoms with E-state index in [9.17, 15) is 8.42 Å². The summed E-state index contributed by atoms with van der Waals surface area (Å²) in [6.45, 7) is 1.45. The fraction of sp³-hybridized carbons (Fsp3) is 0.294. The quantitative estimate of drug-likeness (QED) is 0.912. The maximum atomic E-state index is 12.4. The Balaban J connectivity index is 1.68. The second-order valence-corrected chi connectivity index (χ2v) is 7.06. The number of rotatable bonds is 5. The van der Waals surface area contributed by atoms with Crippen molar-refractivity contribution in [1.29, 1.82) is 0 Å². The number of hydrogen-bond donors (Lipinski definition) is 1. The fourth-order valence-electron chi connectivity index (χ4n) is 2.37. The molecule has 1 aliphatic rings. The van der Waals surface area contributed by atoms with Crippen LogP contribution in [0.3, 0.4) is 0 Å². The molecule has 6 heteroatoms. The summed E-state index contributed by atoms with van der Waals surface area (Å²) >= 11 is 0. The molecule has 0 bridgehead atoms. The van der Waals surface area contributed by atoms with Crippen molar-refractivity contribution < 1.29 is 17.9 Å². The molecule has 0 aliphatic carbocycles. The van der Waals surface area contributed by atoms with Gasteiger partial charge in [-0.2, -0.15) is 0 Å². The van der Waals surface area contributed by atoms with Gasteiger partial charge in [-0.05, 0) is 24.1 Å². The minimum Gasteiger partial charge on any atom is -0.490 e.